The van der Waals surface area contributed by atoms with E-state index >= 15 is 26.3 Å². The van der Waals surface area contributed by atoms with Crippen LogP contribution in [-0.4, -0.2) is 292 Å². The normalized spacial score (nSPS) is 18.0. The fourth-order valence-electron chi connectivity index (χ4n) is 17.2. The van der Waals surface area contributed by atoms with Gasteiger partial charge in [0.05, 0.1) is 48.7 Å². The molecule has 6 fully saturated rings. The SMILES string of the molecule is CCO.Cc1cc(C(=O)N2CCC(O)CC2)cc(C)c1CC(F)(F)S(=O)(=O)N1CCC(N)(C(N)=O)CC1.Cc1cc(C(=O)N2CCC(O)CC2)cc(C)c1CC(F)(F)S(=O)(=O)N1CCC(NC(=O)c2cccc(OC(F)(F)F)c2)(C(N)=O)CC1.Cc1cc(C(=O)N2CCC(O)CC2)cc(C)c1CC(F)(F)S(=O)(=O)N1CCC2(CC1)N=C(c1cccc(OC(F)(F)F)c1)NC2=O.O=C(O)c1cccc(OC(F)(F)F)c1.[Li+].[OH-]. The van der Waals surface area contributed by atoms with Crippen LogP contribution in [0.1, 0.15) is 191 Å². The molecule has 0 atom stereocenters. The first-order valence-corrected chi connectivity index (χ1v) is 49.3. The van der Waals surface area contributed by atoms with E-state index in [1.165, 1.54) is 88.4 Å². The number of ether oxygens (including phenoxy) is 3. The number of carbonyl (C=O) groups excluding carboxylic acids is 7. The fourth-order valence-corrected chi connectivity index (χ4v) is 21.3. The van der Waals surface area contributed by atoms with Crippen LogP contribution < -0.4 is 60.9 Å². The molecule has 7 heterocycles. The average Bonchev–Trinajstić information content (AvgIpc) is 1.34. The summed E-state index contributed by atoms with van der Waals surface area (Å²) in [6, 6.07) is 21.7. The molecule has 0 saturated carbocycles. The predicted octanol–water partition coefficient (Wildman–Crippen LogP) is 6.44. The molecule has 0 bridgehead atoms. The van der Waals surface area contributed by atoms with Crippen LogP contribution in [0.5, 0.6) is 17.2 Å². The number of hydrogen-bond acceptors (Lipinski definition) is 24. The molecule has 35 nitrogen and oxygen atoms in total. The summed E-state index contributed by atoms with van der Waals surface area (Å²) in [5, 5.41) is 37.3. The second kappa shape index (κ2) is 48.7. The van der Waals surface area contributed by atoms with E-state index in [-0.39, 0.29) is 138 Å². The third kappa shape index (κ3) is 30.5. The summed E-state index contributed by atoms with van der Waals surface area (Å²) < 4.78 is 295. The van der Waals surface area contributed by atoms with Gasteiger partial charge >= 0.3 is 59.7 Å². The van der Waals surface area contributed by atoms with E-state index in [1.54, 1.807) is 35.5 Å². The number of sulfonamides is 3. The Bertz CT molecular complexity index is 6040. The number of hydrogen-bond donors (Lipinski definition) is 10. The van der Waals surface area contributed by atoms with E-state index in [0.29, 0.717) is 130 Å². The van der Waals surface area contributed by atoms with E-state index < -0.39 is 205 Å². The molecule has 802 valence electrons. The Morgan fingerprint density at radius 3 is 1.01 bits per heavy atom. The maximum Gasteiger partial charge on any atom is 1.00 e. The number of nitrogens with one attached hydrogen (secondary N) is 2. The Kier molecular flexibility index (Phi) is 40.7. The van der Waals surface area contributed by atoms with Crippen LogP contribution in [0.3, 0.4) is 0 Å². The molecule has 146 heavy (non-hydrogen) atoms. The zero-order chi connectivity index (χ0) is 108. The molecule has 0 radical (unpaired) electrons. The Morgan fingerprint density at radius 2 is 0.719 bits per heavy atom. The van der Waals surface area contributed by atoms with E-state index in [9.17, 15) is 118 Å². The van der Waals surface area contributed by atoms with Crippen molar-refractivity contribution in [3.05, 3.63) is 193 Å². The summed E-state index contributed by atoms with van der Waals surface area (Å²) >= 11 is 0. The maximum absolute atomic E-state index is 15.6. The Labute approximate surface area is 842 Å². The van der Waals surface area contributed by atoms with Crippen LogP contribution >= 0.6 is 0 Å². The van der Waals surface area contributed by atoms with Crippen LogP contribution in [0.2, 0.25) is 0 Å². The molecule has 54 heteroatoms. The number of piperidine rings is 6. The monoisotopic (exact) mass is 2140 g/mol. The van der Waals surface area contributed by atoms with Gasteiger partial charge in [-0.15, -0.1) is 39.5 Å². The second-order valence-corrected chi connectivity index (χ2v) is 41.9. The number of likely N-dealkylation sites (tertiary alicyclic amines) is 3. The van der Waals surface area contributed by atoms with E-state index in [0.717, 1.165) is 48.5 Å². The molecule has 6 aromatic rings. The fraction of sp³-hybridized carbons (Fsp3) is 0.511. The number of aliphatic hydroxyl groups excluding tert-OH is 4. The van der Waals surface area contributed by atoms with Crippen LogP contribution in [0, 0.1) is 41.5 Å². The smallest absolute Gasteiger partial charge is 0.870 e. The van der Waals surface area contributed by atoms with Gasteiger partial charge in [-0.1, -0.05) is 24.3 Å². The zero-order valence-corrected chi connectivity index (χ0v) is 82.8. The first kappa shape index (κ1) is 122. The number of aryl methyl sites for hydroxylation is 6. The first-order valence-electron chi connectivity index (χ1n) is 45.0. The van der Waals surface area contributed by atoms with Gasteiger partial charge in [0.2, 0.25) is 11.8 Å². The quantitative estimate of drug-likeness (QED) is 0.0230. The van der Waals surface area contributed by atoms with Crippen molar-refractivity contribution in [2.24, 2.45) is 22.2 Å². The van der Waals surface area contributed by atoms with Gasteiger partial charge in [-0.05, 0) is 261 Å². The van der Waals surface area contributed by atoms with Crippen molar-refractivity contribution >= 4 is 83.2 Å². The van der Waals surface area contributed by atoms with Crippen LogP contribution in [0.4, 0.5) is 65.9 Å². The van der Waals surface area contributed by atoms with Gasteiger partial charge in [-0.25, -0.2) is 30.0 Å². The minimum atomic E-state index is -5.31. The Hall–Kier alpha value is -10.8. The van der Waals surface area contributed by atoms with Crippen LogP contribution in [0.15, 0.2) is 114 Å². The molecule has 7 aliphatic heterocycles. The number of nitrogens with zero attached hydrogens (tertiary/aromatic N) is 7. The number of benzene rings is 6. The number of aliphatic hydroxyl groups is 4. The number of carbonyl (C=O) groups is 8. The van der Waals surface area contributed by atoms with Gasteiger partial charge in [-0.2, -0.15) is 39.3 Å². The summed E-state index contributed by atoms with van der Waals surface area (Å²) in [7, 11) is -15.5. The van der Waals surface area contributed by atoms with Crippen molar-refractivity contribution < 1.29 is 194 Å². The van der Waals surface area contributed by atoms with Crippen molar-refractivity contribution in [2.75, 3.05) is 85.1 Å². The number of carboxylic acid groups (broad SMARTS) is 1. The molecular weight excluding hydrogens is 2030 g/mol. The molecule has 0 aromatic heterocycles. The van der Waals surface area contributed by atoms with E-state index in [1.807, 2.05) is 0 Å². The predicted molar refractivity (Wildman–Crippen MR) is 490 cm³/mol. The molecular formula is C92H112F15LiN12O23S3. The average molecular weight is 2140 g/mol. The van der Waals surface area contributed by atoms with Crippen molar-refractivity contribution in [2.45, 2.75) is 215 Å². The molecule has 1 spiro atoms. The van der Waals surface area contributed by atoms with Crippen LogP contribution in [-0.2, 0) is 63.7 Å². The number of alkyl halides is 15. The molecule has 0 unspecified atom stereocenters. The van der Waals surface area contributed by atoms with Crippen molar-refractivity contribution in [1.29, 1.82) is 0 Å². The molecule has 7 aliphatic rings. The molecule has 13 rings (SSSR count). The minimum absolute atomic E-state index is 0. The third-order valence-electron chi connectivity index (χ3n) is 25.4. The van der Waals surface area contributed by atoms with Gasteiger partial charge in [0, 0.05) is 113 Å². The number of amidine groups is 1. The van der Waals surface area contributed by atoms with Crippen molar-refractivity contribution in [3.63, 3.8) is 0 Å². The molecule has 6 aromatic carbocycles. The topological polar surface area (TPSA) is 532 Å². The Balaban J connectivity index is 0.000000275. The number of nitrogens with two attached hydrogens (primary N) is 3. The number of carboxylic acids is 1. The van der Waals surface area contributed by atoms with E-state index in [2.05, 4.69) is 29.8 Å². The third-order valence-corrected chi connectivity index (χ3v) is 31.2. The summed E-state index contributed by atoms with van der Waals surface area (Å²) in [6.07, 6.45) is -18.5. The Morgan fingerprint density at radius 1 is 0.438 bits per heavy atom. The number of aliphatic imine (C=N–C) groups is 1. The molecule has 14 N–H and O–H groups in total. The standard InChI is InChI=1S/C30H35F5N4O7S.C30H33F5N4O6S.C22H32F2N4O5S.C8H5F3O3.C2H6O.Li.H2O/c1-18-14-21(26(42)38-10-6-22(40)7-11-38)15-19(2)24(18)17-29(31,32)47(44,45)39-12-8-28(9-13-39,27(36)43)37-25(41)20-4-3-5-23(16-20)46-30(33,34)35;1-18-14-21(26(41)38-10-6-22(40)7-11-38)15-19(2)24(18)17-29(31,32)46(43,44)39-12-8-28(9-13-39)27(42)36-25(37-28)20-4-3-5-23(16-20)45-30(33,34)35;1-14-11-16(19(30)27-7-3-17(29)4-8-27)12-15(2)18(14)13-22(23,24)34(32,33)28-9-5-21(26,6-10-28)20(25)31;9-8(10,11)14-6-3-1-2-5(4-6)7(12)13;1-2-3;;/h3-5,14-16,22,40H,6-13,17H2,1-2H3,(H2,36,43)(H,37,41);3-5,14-16,22,40H,6-13,17H2,1-2H3,(H,36,37,42);11-12,17,29H,3-10,13,26H2,1-2H3,(H2,25,31);1-4H,(H,12,13);3H,2H2,1H3;;1H2/q;;;;;+1;/p-1. The van der Waals surface area contributed by atoms with Crippen molar-refractivity contribution in [3.8, 4) is 17.2 Å². The molecule has 7 amide bonds. The molecule has 6 saturated heterocycles. The van der Waals surface area contributed by atoms with Crippen molar-refractivity contribution in [1.82, 2.24) is 38.2 Å². The van der Waals surface area contributed by atoms with Gasteiger partial charge in [0.15, 0.2) is 0 Å². The summed E-state index contributed by atoms with van der Waals surface area (Å²) in [5.41, 5.74) is 14.6. The molecule has 0 aliphatic carbocycles. The number of rotatable bonds is 24. The van der Waals surface area contributed by atoms with Gasteiger partial charge in [-0.3, -0.25) is 38.6 Å². The first-order chi connectivity index (χ1) is 66.6. The number of aromatic carboxylic acids is 1. The second-order valence-electron chi connectivity index (χ2n) is 35.7. The zero-order valence-electron chi connectivity index (χ0n) is 80.3. The number of halogens is 15. The van der Waals surface area contributed by atoms with Gasteiger partial charge < -0.3 is 87.8 Å². The van der Waals surface area contributed by atoms with Gasteiger partial charge in [0.1, 0.15) is 34.2 Å². The summed E-state index contributed by atoms with van der Waals surface area (Å²) in [5.74, 6) is -7.49. The summed E-state index contributed by atoms with van der Waals surface area (Å²) in [4.78, 5) is 108. The minimum Gasteiger partial charge on any atom is -0.870 e. The van der Waals surface area contributed by atoms with Crippen LogP contribution in [0.25, 0.3) is 0 Å². The largest absolute Gasteiger partial charge is 1.00 e. The summed E-state index contributed by atoms with van der Waals surface area (Å²) in [6.45, 7) is 10.6. The van der Waals surface area contributed by atoms with E-state index in [4.69, 9.17) is 27.4 Å². The number of amides is 7. The maximum atomic E-state index is 15.6. The van der Waals surface area contributed by atoms with Gasteiger partial charge in [0.25, 0.3) is 59.6 Å². The number of primary amides is 2.